The number of fused-ring (bicyclic) bond motifs is 1. The topological polar surface area (TPSA) is 133 Å². The Kier molecular flexibility index (Phi) is 6.36. The third-order valence-electron chi connectivity index (χ3n) is 7.18. The molecular formula is C35H44N2O9S. The summed E-state index contributed by atoms with van der Waals surface area (Å²) in [5.41, 5.74) is 0.362. The third-order valence-corrected chi connectivity index (χ3v) is 8.87. The van der Waals surface area contributed by atoms with Gasteiger partial charge in [0.25, 0.3) is 0 Å². The van der Waals surface area contributed by atoms with Gasteiger partial charge < -0.3 is 34.1 Å². The molecule has 2 aliphatic heterocycles. The van der Waals surface area contributed by atoms with Crippen LogP contribution in [0.4, 0.5) is 4.79 Å². The van der Waals surface area contributed by atoms with Crippen LogP contribution in [0.5, 0.6) is 11.5 Å². The van der Waals surface area contributed by atoms with E-state index in [0.717, 1.165) is 12.1 Å². The van der Waals surface area contributed by atoms with E-state index in [1.165, 1.54) is 36.4 Å². The summed E-state index contributed by atoms with van der Waals surface area (Å²) < 4.78 is 193. The molecular weight excluding hydrogens is 624 g/mol. The molecule has 1 amide bonds. The Morgan fingerprint density at radius 2 is 1.85 bits per heavy atom. The van der Waals surface area contributed by atoms with Crippen LogP contribution in [0, 0.1) is 11.8 Å². The smallest absolute Gasteiger partial charge is 0.407 e. The number of benzene rings is 3. The van der Waals surface area contributed by atoms with E-state index >= 15 is 0 Å². The number of nitrogens with zero attached hydrogens (tertiary/aromatic N) is 1. The number of rotatable bonds is 15. The predicted molar refractivity (Wildman–Crippen MR) is 175 cm³/mol. The van der Waals surface area contributed by atoms with Gasteiger partial charge in [-0.3, -0.25) is 0 Å². The molecule has 5 rings (SSSR count). The molecule has 47 heavy (non-hydrogen) atoms. The first-order chi connectivity index (χ1) is 29.2. The van der Waals surface area contributed by atoms with Crippen molar-refractivity contribution in [2.45, 2.75) is 62.5 Å². The molecule has 3 aromatic carbocycles. The summed E-state index contributed by atoms with van der Waals surface area (Å²) in [7, 11) is -8.57. The third kappa shape index (κ3) is 9.23. The molecule has 254 valence electrons. The summed E-state index contributed by atoms with van der Waals surface area (Å²) in [6.45, 7) is -19.3. The molecule has 11 nitrogen and oxygen atoms in total. The zero-order chi connectivity index (χ0) is 48.1. The minimum absolute atomic E-state index is 0.00288. The van der Waals surface area contributed by atoms with Gasteiger partial charge in [0.15, 0.2) is 6.29 Å². The Bertz CT molecular complexity index is 2200. The van der Waals surface area contributed by atoms with Gasteiger partial charge >= 0.3 is 6.09 Å². The molecule has 0 unspecified atom stereocenters. The molecule has 0 aliphatic carbocycles. The normalized spacial score (nSPS) is 30.1. The van der Waals surface area contributed by atoms with Crippen LogP contribution in [0.2, 0.25) is 0 Å². The number of amides is 1. The Hall–Kier alpha value is -3.68. The van der Waals surface area contributed by atoms with E-state index < -0.39 is 116 Å². The lowest BCUT2D eigenvalue weighted by atomic mass is 10.0. The zero-order valence-electron chi connectivity index (χ0n) is 41.7. The first kappa shape index (κ1) is 18.8. The number of carbonyl (C=O) groups excluding carboxylic acids is 1. The van der Waals surface area contributed by atoms with Crippen molar-refractivity contribution in [1.82, 2.24) is 9.62 Å². The van der Waals surface area contributed by atoms with Crippen molar-refractivity contribution in [3.8, 4) is 11.5 Å². The van der Waals surface area contributed by atoms with Gasteiger partial charge in [-0.05, 0) is 66.3 Å². The highest BCUT2D eigenvalue weighted by Crippen LogP contribution is 2.33. The number of nitrogens with one attached hydrogen (secondary N) is 1. The Balaban J connectivity index is 1.56. The van der Waals surface area contributed by atoms with Gasteiger partial charge in [0.1, 0.15) is 24.1 Å². The molecule has 0 aromatic heterocycles. The van der Waals surface area contributed by atoms with E-state index in [4.69, 9.17) is 47.0 Å². The Morgan fingerprint density at radius 3 is 2.57 bits per heavy atom. The Morgan fingerprint density at radius 1 is 1.11 bits per heavy atom. The highest BCUT2D eigenvalue weighted by atomic mass is 32.2. The number of sulfonamides is 1. The van der Waals surface area contributed by atoms with Gasteiger partial charge in [0.2, 0.25) is 10.0 Å². The second kappa shape index (κ2) is 15.9. The number of hydrogen-bond acceptors (Lipinski definition) is 9. The van der Waals surface area contributed by atoms with Crippen molar-refractivity contribution in [3.63, 3.8) is 0 Å². The maximum atomic E-state index is 14.4. The first-order valence-electron chi connectivity index (χ1n) is 22.8. The Labute approximate surface area is 300 Å². The number of ether oxygens (including phenoxy) is 5. The van der Waals surface area contributed by atoms with Gasteiger partial charge in [-0.1, -0.05) is 56.2 Å². The lowest BCUT2D eigenvalue weighted by molar-refractivity contribution is -0.0907. The minimum Gasteiger partial charge on any atom is -0.497 e. The molecule has 2 fully saturated rings. The summed E-state index contributed by atoms with van der Waals surface area (Å²) in [5.74, 6) is -5.83. The number of aliphatic hydroxyl groups excluding tert-OH is 1. The lowest BCUT2D eigenvalue weighted by Gasteiger charge is -2.31. The highest BCUT2D eigenvalue weighted by molar-refractivity contribution is 7.89. The van der Waals surface area contributed by atoms with Crippen molar-refractivity contribution in [1.29, 1.82) is 0 Å². The number of hydrogen-bond donors (Lipinski definition) is 2. The number of aliphatic hydroxyl groups is 1. The van der Waals surface area contributed by atoms with Gasteiger partial charge in [-0.25, -0.2) is 13.2 Å². The van der Waals surface area contributed by atoms with Gasteiger partial charge in [-0.15, -0.1) is 0 Å². The molecule has 0 bridgehead atoms. The van der Waals surface area contributed by atoms with Crippen LogP contribution in [0.25, 0.3) is 0 Å². The molecule has 2 aliphatic rings. The zero-order valence-corrected chi connectivity index (χ0v) is 25.5. The molecule has 2 saturated heterocycles. The van der Waals surface area contributed by atoms with Crippen LogP contribution in [-0.4, -0.2) is 81.7 Å². The SMILES string of the molecule is [2H]C([2H])([2H])Oc1ccc(S(=O)(=O)N(C[C@@H](O)[C@H](Cc2ccc(OC([2H])([2H])c3ccccc3)cc2)NC(=O)O[C@]2([2H])[C@@H]3CCO[C@@H]3OC2([2H])[2H])C([2H])([2H])C([2H])(C([2H])([2H])[2H])C([2H])([2H])[2H])cc1. The largest absolute Gasteiger partial charge is 0.497 e. The fraction of sp³-hybridized carbons (Fsp3) is 0.457. The summed E-state index contributed by atoms with van der Waals surface area (Å²) in [6.07, 6.45) is -8.52. The predicted octanol–water partition coefficient (Wildman–Crippen LogP) is 4.38. The van der Waals surface area contributed by atoms with Crippen molar-refractivity contribution >= 4 is 16.1 Å². The monoisotopic (exact) mass is 685 g/mol. The average Bonchev–Trinajstić information content (AvgIpc) is 3.70. The summed E-state index contributed by atoms with van der Waals surface area (Å²) >= 11 is 0. The average molecular weight is 686 g/mol. The molecule has 3 aromatic rings. The molecule has 2 N–H and O–H groups in total. The van der Waals surface area contributed by atoms with Gasteiger partial charge in [0, 0.05) is 25.4 Å². The van der Waals surface area contributed by atoms with E-state index in [0.29, 0.717) is 12.1 Å². The van der Waals surface area contributed by atoms with E-state index in [1.807, 2.05) is 0 Å². The van der Waals surface area contributed by atoms with Crippen LogP contribution in [0.3, 0.4) is 0 Å². The quantitative estimate of drug-likeness (QED) is 0.239. The van der Waals surface area contributed by atoms with E-state index in [2.05, 4.69) is 5.32 Å². The highest BCUT2D eigenvalue weighted by Gasteiger charge is 2.44. The first-order valence-corrected chi connectivity index (χ1v) is 15.7. The van der Waals surface area contributed by atoms with Crippen LogP contribution >= 0.6 is 0 Å². The van der Waals surface area contributed by atoms with Crippen LogP contribution in [0.1, 0.15) is 54.6 Å². The van der Waals surface area contributed by atoms with E-state index in [9.17, 15) is 18.3 Å². The van der Waals surface area contributed by atoms with Crippen molar-refractivity contribution in [2.75, 3.05) is 33.2 Å². The summed E-state index contributed by atoms with van der Waals surface area (Å²) in [6, 6.07) is 14.4. The van der Waals surface area contributed by atoms with Crippen molar-refractivity contribution < 1.29 is 65.3 Å². The summed E-state index contributed by atoms with van der Waals surface area (Å²) in [5, 5.41) is 14.1. The fourth-order valence-corrected chi connectivity index (χ4v) is 6.09. The van der Waals surface area contributed by atoms with Gasteiger partial charge in [0.05, 0.1) is 54.1 Å². The molecule has 0 radical (unpaired) electrons. The molecule has 2 heterocycles. The maximum Gasteiger partial charge on any atom is 0.407 e. The molecule has 0 saturated carbocycles. The molecule has 12 heteroatoms. The molecule has 0 spiro atoms. The number of alkyl carbamates (subject to hydrolysis) is 1. The van der Waals surface area contributed by atoms with Crippen LogP contribution < -0.4 is 14.8 Å². The summed E-state index contributed by atoms with van der Waals surface area (Å²) in [4.78, 5) is 12.7. The second-order valence-electron chi connectivity index (χ2n) is 10.4. The lowest BCUT2D eigenvalue weighted by Crippen LogP contribution is -2.51. The van der Waals surface area contributed by atoms with Gasteiger partial charge in [-0.2, -0.15) is 4.31 Å². The van der Waals surface area contributed by atoms with Crippen molar-refractivity contribution in [3.05, 3.63) is 90.0 Å². The van der Waals surface area contributed by atoms with E-state index in [-0.39, 0.29) is 34.2 Å². The molecule has 5 atom stereocenters. The number of methoxy groups -OCH3 is 1. The van der Waals surface area contributed by atoms with Crippen LogP contribution in [0.15, 0.2) is 83.8 Å². The minimum atomic E-state index is -5.58. The fourth-order valence-electron chi connectivity index (χ4n) is 4.79. The standard InChI is InChI=1S/C35H44N2O9S/c1-24(2)20-37(47(40,41)29-15-13-27(42-3)14-16-29)21-32(38)31(36-35(39)46-33-23-45-34-30(33)17-18-43-34)19-25-9-11-28(12-10-25)44-22-26-7-5-4-6-8-26/h4-16,24,30-34,38H,17-23H2,1-3H3,(H,36,39)/t30-,31-,32+,33-,34+/m0/s1/i1D3,2D3,3D3,20D2,22D2,23D2,24D,33D. The second-order valence-corrected chi connectivity index (χ2v) is 12.3. The number of carbonyl (C=O) groups is 1. The van der Waals surface area contributed by atoms with Crippen molar-refractivity contribution in [2.24, 2.45) is 11.8 Å². The van der Waals surface area contributed by atoms with E-state index in [1.54, 1.807) is 18.2 Å². The van der Waals surface area contributed by atoms with Crippen LogP contribution in [-0.2, 0) is 37.2 Å². The maximum absolute atomic E-state index is 14.4.